The lowest BCUT2D eigenvalue weighted by molar-refractivity contribution is 0.122. The monoisotopic (exact) mass is 301 g/mol. The first-order valence-electron chi connectivity index (χ1n) is 6.91. The molecule has 2 rings (SSSR count). The molecule has 1 aliphatic heterocycles. The summed E-state index contributed by atoms with van der Waals surface area (Å²) in [6.45, 7) is 5.53. The Morgan fingerprint density at radius 2 is 2.16 bits per heavy atom. The van der Waals surface area contributed by atoms with E-state index in [2.05, 4.69) is 11.8 Å². The van der Waals surface area contributed by atoms with E-state index in [4.69, 9.17) is 23.2 Å². The van der Waals surface area contributed by atoms with Crippen molar-refractivity contribution >= 4 is 23.2 Å². The molecule has 0 amide bonds. The highest BCUT2D eigenvalue weighted by atomic mass is 35.5. The summed E-state index contributed by atoms with van der Waals surface area (Å²) in [6.07, 6.45) is 2.87. The zero-order valence-electron chi connectivity index (χ0n) is 11.3. The first-order valence-corrected chi connectivity index (χ1v) is 7.67. The van der Waals surface area contributed by atoms with Crippen LogP contribution in [0.25, 0.3) is 0 Å². The van der Waals surface area contributed by atoms with Gasteiger partial charge in [-0.2, -0.15) is 0 Å². The molecule has 0 saturated carbocycles. The first kappa shape index (κ1) is 15.1. The van der Waals surface area contributed by atoms with Gasteiger partial charge in [0, 0.05) is 13.1 Å². The molecule has 1 aromatic rings. The molecule has 1 aliphatic rings. The van der Waals surface area contributed by atoms with E-state index in [0.29, 0.717) is 10.0 Å². The van der Waals surface area contributed by atoms with E-state index in [-0.39, 0.29) is 0 Å². The second kappa shape index (κ2) is 6.94. The number of piperidine rings is 1. The maximum Gasteiger partial charge on any atom is 0.0802 e. The van der Waals surface area contributed by atoms with Crippen LogP contribution in [0.1, 0.15) is 37.9 Å². The van der Waals surface area contributed by atoms with E-state index in [1.165, 1.54) is 12.8 Å². The normalized spacial score (nSPS) is 22.4. The van der Waals surface area contributed by atoms with Crippen LogP contribution in [-0.4, -0.2) is 29.6 Å². The summed E-state index contributed by atoms with van der Waals surface area (Å²) in [7, 11) is 0. The van der Waals surface area contributed by atoms with E-state index in [1.807, 2.05) is 6.07 Å². The Morgan fingerprint density at radius 1 is 1.37 bits per heavy atom. The number of rotatable bonds is 4. The van der Waals surface area contributed by atoms with E-state index < -0.39 is 6.10 Å². The number of benzene rings is 1. The van der Waals surface area contributed by atoms with Gasteiger partial charge >= 0.3 is 0 Å². The van der Waals surface area contributed by atoms with Gasteiger partial charge in [-0.1, -0.05) is 36.2 Å². The van der Waals surface area contributed by atoms with Crippen molar-refractivity contribution in [2.24, 2.45) is 5.92 Å². The lowest BCUT2D eigenvalue weighted by atomic mass is 9.99. The van der Waals surface area contributed by atoms with Crippen molar-refractivity contribution in [3.63, 3.8) is 0 Å². The molecule has 1 heterocycles. The third-order valence-corrected chi connectivity index (χ3v) is 4.53. The summed E-state index contributed by atoms with van der Waals surface area (Å²) >= 11 is 11.9. The minimum atomic E-state index is -0.466. The standard InChI is InChI=1S/C15H21Cl2NO/c1-11-3-2-7-18(10-11)8-6-15(19)12-4-5-13(16)14(17)9-12/h4-5,9,11,15,19H,2-3,6-8,10H2,1H3. The summed E-state index contributed by atoms with van der Waals surface area (Å²) in [5.41, 5.74) is 0.847. The van der Waals surface area contributed by atoms with Crippen molar-refractivity contribution in [1.29, 1.82) is 0 Å². The Hall–Kier alpha value is -0.280. The average Bonchev–Trinajstić information content (AvgIpc) is 2.39. The van der Waals surface area contributed by atoms with Crippen molar-refractivity contribution in [1.82, 2.24) is 4.90 Å². The fraction of sp³-hybridized carbons (Fsp3) is 0.600. The molecule has 0 aromatic heterocycles. The van der Waals surface area contributed by atoms with Gasteiger partial charge in [0.1, 0.15) is 0 Å². The molecule has 0 spiro atoms. The number of nitrogens with zero attached hydrogens (tertiary/aromatic N) is 1. The van der Waals surface area contributed by atoms with Crippen molar-refractivity contribution in [2.45, 2.75) is 32.3 Å². The fourth-order valence-electron chi connectivity index (χ4n) is 2.68. The van der Waals surface area contributed by atoms with Crippen LogP contribution in [-0.2, 0) is 0 Å². The number of aliphatic hydroxyl groups is 1. The van der Waals surface area contributed by atoms with Gasteiger partial charge in [0.15, 0.2) is 0 Å². The van der Waals surface area contributed by atoms with Crippen LogP contribution in [0.3, 0.4) is 0 Å². The molecular formula is C15H21Cl2NO. The van der Waals surface area contributed by atoms with Crippen LogP contribution in [0, 0.1) is 5.92 Å². The fourth-order valence-corrected chi connectivity index (χ4v) is 2.99. The van der Waals surface area contributed by atoms with Crippen molar-refractivity contribution < 1.29 is 5.11 Å². The Balaban J connectivity index is 1.86. The van der Waals surface area contributed by atoms with Crippen molar-refractivity contribution in [2.75, 3.05) is 19.6 Å². The van der Waals surface area contributed by atoms with E-state index >= 15 is 0 Å². The van der Waals surface area contributed by atoms with Gasteiger partial charge in [-0.05, 0) is 49.4 Å². The number of halogens is 2. The third-order valence-electron chi connectivity index (χ3n) is 3.79. The molecule has 106 valence electrons. The Bertz CT molecular complexity index is 425. The summed E-state index contributed by atoms with van der Waals surface area (Å²) in [5.74, 6) is 0.774. The molecule has 19 heavy (non-hydrogen) atoms. The minimum Gasteiger partial charge on any atom is -0.388 e. The van der Waals surface area contributed by atoms with Gasteiger partial charge in [0.25, 0.3) is 0 Å². The Kier molecular flexibility index (Phi) is 5.52. The highest BCUT2D eigenvalue weighted by molar-refractivity contribution is 6.42. The Morgan fingerprint density at radius 3 is 2.84 bits per heavy atom. The van der Waals surface area contributed by atoms with Crippen LogP contribution in [0.4, 0.5) is 0 Å². The molecule has 2 unspecified atom stereocenters. The highest BCUT2D eigenvalue weighted by Crippen LogP contribution is 2.27. The zero-order valence-corrected chi connectivity index (χ0v) is 12.8. The quantitative estimate of drug-likeness (QED) is 0.903. The zero-order chi connectivity index (χ0) is 13.8. The van der Waals surface area contributed by atoms with Crippen LogP contribution in [0.5, 0.6) is 0 Å². The SMILES string of the molecule is CC1CCCN(CCC(O)c2ccc(Cl)c(Cl)c2)C1. The molecule has 1 N–H and O–H groups in total. The largest absolute Gasteiger partial charge is 0.388 e. The van der Waals surface area contributed by atoms with Gasteiger partial charge in [-0.15, -0.1) is 0 Å². The topological polar surface area (TPSA) is 23.5 Å². The maximum absolute atomic E-state index is 10.2. The molecule has 0 bridgehead atoms. The van der Waals surface area contributed by atoms with Crippen LogP contribution >= 0.6 is 23.2 Å². The van der Waals surface area contributed by atoms with E-state index in [0.717, 1.165) is 37.5 Å². The van der Waals surface area contributed by atoms with Gasteiger partial charge in [-0.25, -0.2) is 0 Å². The third kappa shape index (κ3) is 4.35. The number of hydrogen-bond acceptors (Lipinski definition) is 2. The molecule has 2 atom stereocenters. The van der Waals surface area contributed by atoms with Crippen molar-refractivity contribution in [3.8, 4) is 0 Å². The van der Waals surface area contributed by atoms with E-state index in [9.17, 15) is 5.11 Å². The summed E-state index contributed by atoms with van der Waals surface area (Å²) in [6, 6.07) is 5.34. The second-order valence-corrected chi connectivity index (χ2v) is 6.34. The molecule has 1 fully saturated rings. The van der Waals surface area contributed by atoms with Gasteiger partial charge in [-0.3, -0.25) is 0 Å². The number of likely N-dealkylation sites (tertiary alicyclic amines) is 1. The van der Waals surface area contributed by atoms with Crippen LogP contribution in [0.15, 0.2) is 18.2 Å². The van der Waals surface area contributed by atoms with Gasteiger partial charge < -0.3 is 10.0 Å². The summed E-state index contributed by atoms with van der Waals surface area (Å²) in [4.78, 5) is 2.44. The lowest BCUT2D eigenvalue weighted by Crippen LogP contribution is -2.35. The molecule has 4 heteroatoms. The molecule has 1 aromatic carbocycles. The maximum atomic E-state index is 10.2. The highest BCUT2D eigenvalue weighted by Gasteiger charge is 2.17. The minimum absolute atomic E-state index is 0.466. The number of hydrogen-bond donors (Lipinski definition) is 1. The van der Waals surface area contributed by atoms with Gasteiger partial charge in [0.2, 0.25) is 0 Å². The Labute approximate surface area is 125 Å². The van der Waals surface area contributed by atoms with Crippen LogP contribution < -0.4 is 0 Å². The molecular weight excluding hydrogens is 281 g/mol. The molecule has 2 nitrogen and oxygen atoms in total. The predicted octanol–water partition coefficient (Wildman–Crippen LogP) is 4.15. The first-order chi connectivity index (χ1) is 9.06. The summed E-state index contributed by atoms with van der Waals surface area (Å²) < 4.78 is 0. The molecule has 0 radical (unpaired) electrons. The molecule has 1 saturated heterocycles. The van der Waals surface area contributed by atoms with Crippen molar-refractivity contribution in [3.05, 3.63) is 33.8 Å². The second-order valence-electron chi connectivity index (χ2n) is 5.53. The molecule has 0 aliphatic carbocycles. The van der Waals surface area contributed by atoms with E-state index in [1.54, 1.807) is 12.1 Å². The number of aliphatic hydroxyl groups excluding tert-OH is 1. The smallest absolute Gasteiger partial charge is 0.0802 e. The lowest BCUT2D eigenvalue weighted by Gasteiger charge is -2.31. The van der Waals surface area contributed by atoms with Crippen LogP contribution in [0.2, 0.25) is 10.0 Å². The van der Waals surface area contributed by atoms with Gasteiger partial charge in [0.05, 0.1) is 16.1 Å². The predicted molar refractivity (Wildman–Crippen MR) is 80.9 cm³/mol. The average molecular weight is 302 g/mol. The summed E-state index contributed by atoms with van der Waals surface area (Å²) in [5, 5.41) is 11.2.